The van der Waals surface area contributed by atoms with Crippen LogP contribution < -0.4 is 5.32 Å². The summed E-state index contributed by atoms with van der Waals surface area (Å²) in [5, 5.41) is 20.4. The number of carbonyl (C=O) groups is 1. The minimum Gasteiger partial charge on any atom is -0.394 e. The Labute approximate surface area is 147 Å². The Hall–Kier alpha value is -2.45. The maximum absolute atomic E-state index is 13.4. The molecule has 26 heavy (non-hydrogen) atoms. The number of rotatable bonds is 6. The zero-order valence-electron chi connectivity index (χ0n) is 13.6. The molecule has 1 unspecified atom stereocenters. The molecule has 0 aliphatic heterocycles. The van der Waals surface area contributed by atoms with Gasteiger partial charge in [0.2, 0.25) is 0 Å². The van der Waals surface area contributed by atoms with Gasteiger partial charge in [-0.2, -0.15) is 13.2 Å². The Balaban J connectivity index is 2.17. The summed E-state index contributed by atoms with van der Waals surface area (Å²) in [7, 11) is 0. The number of amides is 1. The van der Waals surface area contributed by atoms with Gasteiger partial charge in [0.15, 0.2) is 0 Å². The lowest BCUT2D eigenvalue weighted by Crippen LogP contribution is -2.28. The van der Waals surface area contributed by atoms with Gasteiger partial charge in [-0.3, -0.25) is 4.79 Å². The van der Waals surface area contributed by atoms with Crippen LogP contribution >= 0.6 is 0 Å². The van der Waals surface area contributed by atoms with Gasteiger partial charge in [0, 0.05) is 12.1 Å². The Morgan fingerprint density at radius 2 is 1.77 bits per heavy atom. The number of hydrogen-bond acceptors (Lipinski definition) is 3. The maximum Gasteiger partial charge on any atom is 0.417 e. The molecule has 2 aromatic carbocycles. The normalized spacial score (nSPS) is 12.7. The zero-order chi connectivity index (χ0) is 19.3. The van der Waals surface area contributed by atoms with Gasteiger partial charge >= 0.3 is 6.18 Å². The van der Waals surface area contributed by atoms with E-state index in [4.69, 9.17) is 5.11 Å². The average Bonchev–Trinajstić information content (AvgIpc) is 2.60. The predicted molar refractivity (Wildman–Crippen MR) is 86.9 cm³/mol. The van der Waals surface area contributed by atoms with Crippen LogP contribution in [0.15, 0.2) is 42.5 Å². The van der Waals surface area contributed by atoms with Crippen molar-refractivity contribution in [3.63, 3.8) is 0 Å². The topological polar surface area (TPSA) is 69.6 Å². The van der Waals surface area contributed by atoms with E-state index < -0.39 is 36.2 Å². The van der Waals surface area contributed by atoms with Gasteiger partial charge < -0.3 is 15.5 Å². The molecule has 0 fully saturated rings. The molecule has 0 bridgehead atoms. The molecular formula is C18H17F4NO3. The van der Waals surface area contributed by atoms with Crippen LogP contribution in [0.5, 0.6) is 0 Å². The molecule has 2 aromatic rings. The zero-order valence-corrected chi connectivity index (χ0v) is 13.6. The first-order valence-electron chi connectivity index (χ1n) is 7.76. The van der Waals surface area contributed by atoms with Crippen molar-refractivity contribution in [2.75, 3.05) is 13.2 Å². The molecule has 8 heteroatoms. The number of hydrogen-bond donors (Lipinski definition) is 3. The largest absolute Gasteiger partial charge is 0.417 e. The van der Waals surface area contributed by atoms with E-state index in [-0.39, 0.29) is 29.7 Å². The van der Waals surface area contributed by atoms with E-state index in [0.29, 0.717) is 6.07 Å². The Kier molecular flexibility index (Phi) is 6.33. The number of aliphatic hydroxyl groups is 2. The Bertz CT molecular complexity index is 760. The summed E-state index contributed by atoms with van der Waals surface area (Å²) < 4.78 is 52.6. The second-order valence-electron chi connectivity index (χ2n) is 5.65. The van der Waals surface area contributed by atoms with Crippen LogP contribution in [0, 0.1) is 5.82 Å². The van der Waals surface area contributed by atoms with Crippen LogP contribution in [0.4, 0.5) is 17.6 Å². The van der Waals surface area contributed by atoms with E-state index in [1.807, 2.05) is 0 Å². The third-order valence-corrected chi connectivity index (χ3v) is 3.72. The summed E-state index contributed by atoms with van der Waals surface area (Å²) in [5.74, 6) is -1.27. The lowest BCUT2D eigenvalue weighted by molar-refractivity contribution is -0.137. The minimum atomic E-state index is -4.63. The van der Waals surface area contributed by atoms with Gasteiger partial charge in [-0.15, -0.1) is 0 Å². The lowest BCUT2D eigenvalue weighted by atomic mass is 9.98. The van der Waals surface area contributed by atoms with E-state index in [2.05, 4.69) is 5.32 Å². The molecule has 0 aromatic heterocycles. The van der Waals surface area contributed by atoms with Gasteiger partial charge in [0.25, 0.3) is 5.91 Å². The summed E-state index contributed by atoms with van der Waals surface area (Å²) >= 11 is 0. The monoisotopic (exact) mass is 371 g/mol. The number of carbonyl (C=O) groups excluding carboxylic acids is 1. The highest BCUT2D eigenvalue weighted by Gasteiger charge is 2.33. The van der Waals surface area contributed by atoms with E-state index in [9.17, 15) is 27.5 Å². The molecule has 0 saturated carbocycles. The highest BCUT2D eigenvalue weighted by Crippen LogP contribution is 2.37. The van der Waals surface area contributed by atoms with Gasteiger partial charge in [-0.05, 0) is 47.9 Å². The molecule has 0 heterocycles. The molecule has 0 aliphatic carbocycles. The third-order valence-electron chi connectivity index (χ3n) is 3.72. The number of alkyl halides is 3. The molecule has 140 valence electrons. The van der Waals surface area contributed by atoms with E-state index >= 15 is 0 Å². The van der Waals surface area contributed by atoms with Gasteiger partial charge in [-0.25, -0.2) is 4.39 Å². The average molecular weight is 371 g/mol. The molecule has 4 nitrogen and oxygen atoms in total. The van der Waals surface area contributed by atoms with Gasteiger partial charge in [0.1, 0.15) is 5.82 Å². The number of benzene rings is 2. The molecule has 0 spiro atoms. The molecule has 1 amide bonds. The Morgan fingerprint density at radius 1 is 1.12 bits per heavy atom. The van der Waals surface area contributed by atoms with Crippen LogP contribution in [0.3, 0.4) is 0 Å². The summed E-state index contributed by atoms with van der Waals surface area (Å²) in [6.45, 7) is -0.288. The quantitative estimate of drug-likeness (QED) is 0.684. The minimum absolute atomic E-state index is 0.129. The summed E-state index contributed by atoms with van der Waals surface area (Å²) in [5.41, 5.74) is -0.939. The van der Waals surface area contributed by atoms with Crippen LogP contribution in [0.1, 0.15) is 22.3 Å². The molecular weight excluding hydrogens is 354 g/mol. The second kappa shape index (κ2) is 8.29. The van der Waals surface area contributed by atoms with Crippen molar-refractivity contribution in [3.8, 4) is 11.1 Å². The molecule has 0 radical (unpaired) electrons. The van der Waals surface area contributed by atoms with Gasteiger partial charge in [0.05, 0.1) is 18.3 Å². The van der Waals surface area contributed by atoms with Crippen molar-refractivity contribution in [1.82, 2.24) is 5.32 Å². The Morgan fingerprint density at radius 3 is 2.35 bits per heavy atom. The number of aliphatic hydroxyl groups excluding tert-OH is 2. The maximum atomic E-state index is 13.4. The van der Waals surface area contributed by atoms with Crippen molar-refractivity contribution >= 4 is 5.91 Å². The summed E-state index contributed by atoms with van der Waals surface area (Å²) in [4.78, 5) is 11.9. The molecule has 0 saturated heterocycles. The second-order valence-corrected chi connectivity index (χ2v) is 5.65. The van der Waals surface area contributed by atoms with Crippen LogP contribution in [-0.2, 0) is 6.18 Å². The van der Waals surface area contributed by atoms with Crippen molar-refractivity contribution in [3.05, 3.63) is 59.4 Å². The van der Waals surface area contributed by atoms with E-state index in [1.165, 1.54) is 24.3 Å². The highest BCUT2D eigenvalue weighted by molar-refractivity contribution is 5.94. The third kappa shape index (κ3) is 5.03. The first-order valence-corrected chi connectivity index (χ1v) is 7.76. The standard InChI is InChI=1S/C18H17F4NO3/c19-13-5-6-16(18(20,21)22)15(9-13)11-1-3-12(4-2-11)17(26)23-8-7-14(25)10-24/h1-6,9,14,24-25H,7-8,10H2,(H,23,26). The first kappa shape index (κ1) is 19.9. The van der Waals surface area contributed by atoms with Crippen molar-refractivity contribution in [2.45, 2.75) is 18.7 Å². The molecule has 2 rings (SSSR count). The van der Waals surface area contributed by atoms with Crippen molar-refractivity contribution in [1.29, 1.82) is 0 Å². The first-order chi connectivity index (χ1) is 12.2. The summed E-state index contributed by atoms with van der Waals surface area (Å²) in [6.07, 6.45) is -5.41. The fraction of sp³-hybridized carbons (Fsp3) is 0.278. The van der Waals surface area contributed by atoms with Crippen molar-refractivity contribution < 1.29 is 32.6 Å². The molecule has 3 N–H and O–H groups in total. The van der Waals surface area contributed by atoms with Crippen LogP contribution in [-0.4, -0.2) is 35.4 Å². The van der Waals surface area contributed by atoms with Crippen LogP contribution in [0.2, 0.25) is 0 Å². The van der Waals surface area contributed by atoms with Gasteiger partial charge in [-0.1, -0.05) is 12.1 Å². The number of nitrogens with one attached hydrogen (secondary N) is 1. The SMILES string of the molecule is O=C(NCCC(O)CO)c1ccc(-c2cc(F)ccc2C(F)(F)F)cc1. The fourth-order valence-corrected chi connectivity index (χ4v) is 2.35. The van der Waals surface area contributed by atoms with E-state index in [1.54, 1.807) is 0 Å². The fourth-order valence-electron chi connectivity index (χ4n) is 2.35. The lowest BCUT2D eigenvalue weighted by Gasteiger charge is -2.13. The van der Waals surface area contributed by atoms with Crippen molar-refractivity contribution in [2.24, 2.45) is 0 Å². The predicted octanol–water partition coefficient (Wildman–Crippen LogP) is 2.98. The molecule has 0 aliphatic rings. The van der Waals surface area contributed by atoms with E-state index in [0.717, 1.165) is 12.1 Å². The molecule has 1 atom stereocenters. The highest BCUT2D eigenvalue weighted by atomic mass is 19.4. The van der Waals surface area contributed by atoms with Crippen LogP contribution in [0.25, 0.3) is 11.1 Å². The smallest absolute Gasteiger partial charge is 0.394 e. The summed E-state index contributed by atoms with van der Waals surface area (Å²) in [6, 6.07) is 7.50. The number of halogens is 4.